The van der Waals surface area contributed by atoms with Crippen LogP contribution in [0.15, 0.2) is 47.2 Å². The predicted molar refractivity (Wildman–Crippen MR) is 101 cm³/mol. The Morgan fingerprint density at radius 1 is 1.25 bits per heavy atom. The monoisotopic (exact) mass is 354 g/mol. The van der Waals surface area contributed by atoms with Crippen molar-refractivity contribution < 1.29 is 4.79 Å². The highest BCUT2D eigenvalue weighted by Crippen LogP contribution is 2.35. The van der Waals surface area contributed by atoms with E-state index >= 15 is 0 Å². The Bertz CT molecular complexity index is 834. The molecular weight excluding hydrogens is 336 g/mol. The van der Waals surface area contributed by atoms with Gasteiger partial charge in [-0.25, -0.2) is 4.98 Å². The fourth-order valence-corrected chi connectivity index (χ4v) is 4.86. The minimum Gasteiger partial charge on any atom is -0.330 e. The molecule has 122 valence electrons. The van der Waals surface area contributed by atoms with Gasteiger partial charge >= 0.3 is 0 Å². The van der Waals surface area contributed by atoms with Gasteiger partial charge < -0.3 is 4.90 Å². The zero-order valence-electron chi connectivity index (χ0n) is 13.2. The van der Waals surface area contributed by atoms with Crippen molar-refractivity contribution in [1.82, 2.24) is 9.88 Å². The molecule has 1 aliphatic heterocycles. The smallest absolute Gasteiger partial charge is 0.247 e. The van der Waals surface area contributed by atoms with Crippen LogP contribution >= 0.6 is 22.7 Å². The molecule has 1 aromatic carbocycles. The molecule has 1 aliphatic rings. The topological polar surface area (TPSA) is 33.2 Å². The van der Waals surface area contributed by atoms with Gasteiger partial charge in [0.1, 0.15) is 5.01 Å². The summed E-state index contributed by atoms with van der Waals surface area (Å²) in [6.45, 7) is 0.813. The number of carbonyl (C=O) groups excluding carboxylic acids is 1. The van der Waals surface area contributed by atoms with E-state index in [1.165, 1.54) is 4.70 Å². The maximum absolute atomic E-state index is 12.7. The van der Waals surface area contributed by atoms with Crippen molar-refractivity contribution in [3.05, 3.63) is 57.7 Å². The van der Waals surface area contributed by atoms with Gasteiger partial charge in [-0.2, -0.15) is 11.3 Å². The maximum Gasteiger partial charge on any atom is 0.247 e. The first kappa shape index (κ1) is 15.5. The van der Waals surface area contributed by atoms with E-state index in [0.29, 0.717) is 0 Å². The molecule has 3 nitrogen and oxygen atoms in total. The highest BCUT2D eigenvalue weighted by molar-refractivity contribution is 7.18. The van der Waals surface area contributed by atoms with Gasteiger partial charge in [-0.05, 0) is 59.9 Å². The van der Waals surface area contributed by atoms with Crippen LogP contribution in [-0.4, -0.2) is 22.3 Å². The molecule has 0 N–H and O–H groups in total. The van der Waals surface area contributed by atoms with Gasteiger partial charge in [-0.3, -0.25) is 4.79 Å². The van der Waals surface area contributed by atoms with Crippen molar-refractivity contribution in [2.24, 2.45) is 0 Å². The number of hydrogen-bond acceptors (Lipinski definition) is 4. The molecule has 2 aromatic heterocycles. The number of thiophene rings is 1. The molecule has 1 amide bonds. The summed E-state index contributed by atoms with van der Waals surface area (Å²) in [6.07, 6.45) is 6.83. The van der Waals surface area contributed by atoms with Gasteiger partial charge in [0.25, 0.3) is 0 Å². The van der Waals surface area contributed by atoms with Crippen molar-refractivity contribution >= 4 is 44.9 Å². The number of amides is 1. The molecule has 1 unspecified atom stereocenters. The van der Waals surface area contributed by atoms with E-state index in [2.05, 4.69) is 6.07 Å². The summed E-state index contributed by atoms with van der Waals surface area (Å²) in [5.41, 5.74) is 2.12. The lowest BCUT2D eigenvalue weighted by atomic mass is 10.0. The number of thiazole rings is 1. The molecule has 0 spiro atoms. The first-order chi connectivity index (χ1) is 11.8. The number of benzene rings is 1. The number of rotatable bonds is 3. The highest BCUT2D eigenvalue weighted by Gasteiger charge is 2.29. The van der Waals surface area contributed by atoms with Crippen molar-refractivity contribution in [2.75, 3.05) is 6.54 Å². The van der Waals surface area contributed by atoms with E-state index in [0.717, 1.165) is 41.9 Å². The fourth-order valence-electron chi connectivity index (χ4n) is 3.12. The van der Waals surface area contributed by atoms with Crippen LogP contribution in [0.25, 0.3) is 16.3 Å². The third-order valence-electron chi connectivity index (χ3n) is 4.34. The van der Waals surface area contributed by atoms with Crippen LogP contribution in [-0.2, 0) is 4.79 Å². The zero-order valence-corrected chi connectivity index (χ0v) is 14.9. The normalized spacial score (nSPS) is 18.5. The van der Waals surface area contributed by atoms with Crippen LogP contribution < -0.4 is 0 Å². The average molecular weight is 354 g/mol. The van der Waals surface area contributed by atoms with Crippen LogP contribution in [0.2, 0.25) is 0 Å². The molecule has 0 aliphatic carbocycles. The Kier molecular flexibility index (Phi) is 4.45. The van der Waals surface area contributed by atoms with E-state index < -0.39 is 0 Å². The number of likely N-dealkylation sites (tertiary alicyclic amines) is 1. The minimum atomic E-state index is 0.0881. The van der Waals surface area contributed by atoms with Gasteiger partial charge in [0, 0.05) is 12.6 Å². The second kappa shape index (κ2) is 6.87. The van der Waals surface area contributed by atoms with Gasteiger partial charge in [0.15, 0.2) is 0 Å². The lowest BCUT2D eigenvalue weighted by Crippen LogP contribution is -2.37. The SMILES string of the molecule is O=C(/C=C/c1ccsc1)N1CCCCC1c1nc2ccccc2s1. The molecule has 5 heteroatoms. The minimum absolute atomic E-state index is 0.0881. The molecule has 24 heavy (non-hydrogen) atoms. The molecule has 0 saturated carbocycles. The van der Waals surface area contributed by atoms with Gasteiger partial charge in [-0.15, -0.1) is 11.3 Å². The standard InChI is InChI=1S/C19H18N2OS2/c22-18(9-8-14-10-12-23-13-14)21-11-4-3-6-16(21)19-20-15-5-1-2-7-17(15)24-19/h1-2,5,7-10,12-13,16H,3-4,6,11H2/b9-8+. The second-order valence-electron chi connectivity index (χ2n) is 5.95. The number of hydrogen-bond donors (Lipinski definition) is 0. The molecule has 1 fully saturated rings. The summed E-state index contributed by atoms with van der Waals surface area (Å²) in [6, 6.07) is 10.3. The van der Waals surface area contributed by atoms with Gasteiger partial charge in [0.2, 0.25) is 5.91 Å². The lowest BCUT2D eigenvalue weighted by Gasteiger charge is -2.33. The van der Waals surface area contributed by atoms with E-state index in [9.17, 15) is 4.79 Å². The lowest BCUT2D eigenvalue weighted by molar-refractivity contribution is -0.129. The van der Waals surface area contributed by atoms with Crippen LogP contribution in [0.1, 0.15) is 35.9 Å². The number of piperidine rings is 1. The first-order valence-corrected chi connectivity index (χ1v) is 9.93. The first-order valence-electron chi connectivity index (χ1n) is 8.17. The van der Waals surface area contributed by atoms with Gasteiger partial charge in [0.05, 0.1) is 16.3 Å². The third-order valence-corrected chi connectivity index (χ3v) is 6.18. The molecule has 3 aromatic rings. The number of fused-ring (bicyclic) bond motifs is 1. The Balaban J connectivity index is 1.59. The summed E-state index contributed by atoms with van der Waals surface area (Å²) >= 11 is 3.36. The summed E-state index contributed by atoms with van der Waals surface area (Å²) in [5.74, 6) is 0.0881. The summed E-state index contributed by atoms with van der Waals surface area (Å²) in [5, 5.41) is 5.13. The van der Waals surface area contributed by atoms with Crippen molar-refractivity contribution in [1.29, 1.82) is 0 Å². The van der Waals surface area contributed by atoms with Crippen molar-refractivity contribution in [2.45, 2.75) is 25.3 Å². The van der Waals surface area contributed by atoms with Crippen molar-refractivity contribution in [3.63, 3.8) is 0 Å². The fraction of sp³-hybridized carbons (Fsp3) is 0.263. The number of carbonyl (C=O) groups is 1. The van der Waals surface area contributed by atoms with Crippen LogP contribution in [0.5, 0.6) is 0 Å². The van der Waals surface area contributed by atoms with Crippen LogP contribution in [0, 0.1) is 0 Å². The number of aromatic nitrogens is 1. The van der Waals surface area contributed by atoms with E-state index in [4.69, 9.17) is 4.98 Å². The Hall–Kier alpha value is -1.98. The Morgan fingerprint density at radius 3 is 3.00 bits per heavy atom. The summed E-state index contributed by atoms with van der Waals surface area (Å²) in [4.78, 5) is 19.5. The number of nitrogens with zero attached hydrogens (tertiary/aromatic N) is 2. The van der Waals surface area contributed by atoms with E-state index in [1.807, 2.05) is 46.0 Å². The number of para-hydroxylation sites is 1. The van der Waals surface area contributed by atoms with Crippen LogP contribution in [0.4, 0.5) is 0 Å². The largest absolute Gasteiger partial charge is 0.330 e. The van der Waals surface area contributed by atoms with E-state index in [-0.39, 0.29) is 11.9 Å². The van der Waals surface area contributed by atoms with E-state index in [1.54, 1.807) is 28.7 Å². The predicted octanol–water partition coefficient (Wildman–Crippen LogP) is 5.12. The average Bonchev–Trinajstić information content (AvgIpc) is 3.29. The quantitative estimate of drug-likeness (QED) is 0.611. The summed E-state index contributed by atoms with van der Waals surface area (Å²) in [7, 11) is 0. The Morgan fingerprint density at radius 2 is 2.17 bits per heavy atom. The van der Waals surface area contributed by atoms with Crippen molar-refractivity contribution in [3.8, 4) is 0 Å². The maximum atomic E-state index is 12.7. The molecule has 3 heterocycles. The van der Waals surface area contributed by atoms with Crippen LogP contribution in [0.3, 0.4) is 0 Å². The second-order valence-corrected chi connectivity index (χ2v) is 7.80. The Labute approximate surface area is 149 Å². The highest BCUT2D eigenvalue weighted by atomic mass is 32.1. The zero-order chi connectivity index (χ0) is 16.4. The summed E-state index contributed by atoms with van der Waals surface area (Å²) < 4.78 is 1.19. The molecule has 1 saturated heterocycles. The third kappa shape index (κ3) is 3.14. The van der Waals surface area contributed by atoms with Gasteiger partial charge in [-0.1, -0.05) is 12.1 Å². The molecule has 0 radical (unpaired) electrons. The molecule has 0 bridgehead atoms. The molecule has 1 atom stereocenters. The molecular formula is C19H18N2OS2. The molecule has 4 rings (SSSR count).